The van der Waals surface area contributed by atoms with Gasteiger partial charge in [-0.1, -0.05) is 39.1 Å². The molecule has 3 aromatic rings. The number of benzene rings is 1. The van der Waals surface area contributed by atoms with Gasteiger partial charge in [-0.05, 0) is 58.7 Å². The number of nitrogens with zero attached hydrogens (tertiary/aromatic N) is 4. The zero-order valence-corrected chi connectivity index (χ0v) is 20.1. The second-order valence-corrected chi connectivity index (χ2v) is 8.57. The van der Waals surface area contributed by atoms with Gasteiger partial charge in [0.25, 0.3) is 11.1 Å². The molecule has 0 aliphatic heterocycles. The van der Waals surface area contributed by atoms with Crippen LogP contribution in [-0.2, 0) is 0 Å². The number of carbonyl (C=O) groups is 2. The van der Waals surface area contributed by atoms with Crippen LogP contribution >= 0.6 is 66.7 Å². The average molecular weight is 581 g/mol. The number of anilines is 1. The first-order valence-electron chi connectivity index (χ1n) is 8.11. The second kappa shape index (κ2) is 9.14. The molecule has 0 N–H and O–H groups in total. The summed E-state index contributed by atoms with van der Waals surface area (Å²) in [5.41, 5.74) is 0.479. The van der Waals surface area contributed by atoms with Gasteiger partial charge in [0.2, 0.25) is 0 Å². The third-order valence-electron chi connectivity index (χ3n) is 3.91. The number of halogens is 5. The van der Waals surface area contributed by atoms with Crippen molar-refractivity contribution in [2.75, 3.05) is 11.4 Å². The molecule has 0 radical (unpaired) electrons. The molecule has 11 heteroatoms. The minimum atomic E-state index is -0.739. The van der Waals surface area contributed by atoms with Gasteiger partial charge >= 0.3 is 0 Å². The first-order chi connectivity index (χ1) is 13.7. The van der Waals surface area contributed by atoms with Crippen LogP contribution in [0.5, 0.6) is 0 Å². The van der Waals surface area contributed by atoms with E-state index in [1.54, 1.807) is 31.3 Å². The summed E-state index contributed by atoms with van der Waals surface area (Å²) in [5, 5.41) is 4.05. The summed E-state index contributed by atoms with van der Waals surface area (Å²) < 4.78 is 2.30. The van der Waals surface area contributed by atoms with Gasteiger partial charge in [-0.3, -0.25) is 9.59 Å². The smallest absolute Gasteiger partial charge is 0.277 e. The van der Waals surface area contributed by atoms with E-state index in [1.165, 1.54) is 21.7 Å². The fourth-order valence-electron chi connectivity index (χ4n) is 2.73. The van der Waals surface area contributed by atoms with Crippen LogP contribution in [0.1, 0.15) is 27.8 Å². The first-order valence-corrected chi connectivity index (χ1v) is 10.8. The monoisotopic (exact) mass is 578 g/mol. The summed E-state index contributed by atoms with van der Waals surface area (Å²) in [6.45, 7) is 1.97. The Labute approximate surface area is 198 Å². The fourth-order valence-corrected chi connectivity index (χ4v) is 4.36. The van der Waals surface area contributed by atoms with Crippen LogP contribution < -0.4 is 4.90 Å². The zero-order valence-electron chi connectivity index (χ0n) is 14.7. The highest BCUT2D eigenvalue weighted by Gasteiger charge is 2.28. The molecular weight excluding hydrogens is 570 g/mol. The van der Waals surface area contributed by atoms with E-state index in [2.05, 4.69) is 41.9 Å². The minimum absolute atomic E-state index is 0.0993. The van der Waals surface area contributed by atoms with Crippen molar-refractivity contribution >= 4 is 83.5 Å². The number of carbonyl (C=O) groups excluding carboxylic acids is 2. The SMILES string of the molecule is CCN(C(=O)c1cc(Br)nn1-c1ncccc1Cl)c1c(Cl)cc(Br)cc1C(=O)Cl. The van der Waals surface area contributed by atoms with Crippen LogP contribution in [0.3, 0.4) is 0 Å². The van der Waals surface area contributed by atoms with Crippen LogP contribution in [0.15, 0.2) is 45.6 Å². The molecule has 0 unspecified atom stereocenters. The molecule has 150 valence electrons. The molecule has 29 heavy (non-hydrogen) atoms. The minimum Gasteiger partial charge on any atom is -0.305 e. The van der Waals surface area contributed by atoms with E-state index >= 15 is 0 Å². The maximum atomic E-state index is 13.5. The van der Waals surface area contributed by atoms with E-state index < -0.39 is 11.1 Å². The lowest BCUT2D eigenvalue weighted by Gasteiger charge is -2.24. The maximum absolute atomic E-state index is 13.5. The predicted molar refractivity (Wildman–Crippen MR) is 121 cm³/mol. The van der Waals surface area contributed by atoms with E-state index in [4.69, 9.17) is 34.8 Å². The lowest BCUT2D eigenvalue weighted by atomic mass is 10.1. The van der Waals surface area contributed by atoms with Gasteiger partial charge in [-0.2, -0.15) is 5.10 Å². The van der Waals surface area contributed by atoms with Crippen molar-refractivity contribution in [3.8, 4) is 5.82 Å². The Bertz CT molecular complexity index is 1120. The molecule has 0 aliphatic carbocycles. The standard InChI is InChI=1S/C18H11Br2Cl3N4O2/c1-2-26(15-10(16(23)28)6-9(19)7-12(15)22)18(29)13-8-14(20)25-27(13)17-11(21)4-3-5-24-17/h3-8H,2H2,1H3. The first kappa shape index (κ1) is 22.2. The highest BCUT2D eigenvalue weighted by Crippen LogP contribution is 2.35. The van der Waals surface area contributed by atoms with Crippen molar-refractivity contribution in [1.29, 1.82) is 0 Å². The molecule has 6 nitrogen and oxygen atoms in total. The van der Waals surface area contributed by atoms with Crippen molar-refractivity contribution in [3.05, 3.63) is 66.9 Å². The van der Waals surface area contributed by atoms with Gasteiger partial charge < -0.3 is 4.90 Å². The largest absolute Gasteiger partial charge is 0.305 e. The Balaban J connectivity index is 2.17. The van der Waals surface area contributed by atoms with Crippen molar-refractivity contribution < 1.29 is 9.59 Å². The Kier molecular flexibility index (Phi) is 7.01. The Morgan fingerprint density at radius 1 is 1.17 bits per heavy atom. The second-order valence-electron chi connectivity index (χ2n) is 5.68. The van der Waals surface area contributed by atoms with Gasteiger partial charge in [0.05, 0.1) is 21.3 Å². The van der Waals surface area contributed by atoms with Crippen molar-refractivity contribution in [2.24, 2.45) is 0 Å². The van der Waals surface area contributed by atoms with Gasteiger partial charge in [0, 0.05) is 23.3 Å². The Morgan fingerprint density at radius 3 is 2.52 bits per heavy atom. The maximum Gasteiger partial charge on any atom is 0.277 e. The normalized spacial score (nSPS) is 10.8. The topological polar surface area (TPSA) is 68.1 Å². The van der Waals surface area contributed by atoms with Crippen LogP contribution in [0.4, 0.5) is 5.69 Å². The summed E-state index contributed by atoms with van der Waals surface area (Å²) >= 11 is 24.9. The molecule has 2 heterocycles. The zero-order chi connectivity index (χ0) is 21.3. The summed E-state index contributed by atoms with van der Waals surface area (Å²) in [6, 6.07) is 7.94. The van der Waals surface area contributed by atoms with Crippen molar-refractivity contribution in [1.82, 2.24) is 14.8 Å². The van der Waals surface area contributed by atoms with Crippen LogP contribution in [-0.4, -0.2) is 32.5 Å². The Hall–Kier alpha value is -1.45. The number of hydrogen-bond acceptors (Lipinski definition) is 4. The lowest BCUT2D eigenvalue weighted by molar-refractivity contribution is 0.0980. The number of aromatic nitrogens is 3. The number of pyridine rings is 1. The molecule has 0 atom stereocenters. The van der Waals surface area contributed by atoms with E-state index in [1.807, 2.05) is 0 Å². The fraction of sp³-hybridized carbons (Fsp3) is 0.111. The molecule has 0 fully saturated rings. The summed E-state index contributed by atoms with van der Waals surface area (Å²) in [5.74, 6) is -0.175. The van der Waals surface area contributed by atoms with Crippen molar-refractivity contribution in [2.45, 2.75) is 6.92 Å². The molecule has 1 amide bonds. The van der Waals surface area contributed by atoms with Crippen LogP contribution in [0.25, 0.3) is 5.82 Å². The molecular formula is C18H11Br2Cl3N4O2. The molecule has 0 saturated heterocycles. The summed E-state index contributed by atoms with van der Waals surface area (Å²) in [4.78, 5) is 31.0. The van der Waals surface area contributed by atoms with Crippen LogP contribution in [0.2, 0.25) is 10.0 Å². The van der Waals surface area contributed by atoms with Gasteiger partial charge in [0.15, 0.2) is 5.82 Å². The average Bonchev–Trinajstić information content (AvgIpc) is 3.05. The van der Waals surface area contributed by atoms with Gasteiger partial charge in [-0.15, -0.1) is 0 Å². The number of rotatable bonds is 5. The van der Waals surface area contributed by atoms with Crippen LogP contribution in [0, 0.1) is 0 Å². The molecule has 0 saturated carbocycles. The molecule has 0 aliphatic rings. The van der Waals surface area contributed by atoms with E-state index in [0.717, 1.165) is 0 Å². The third-order valence-corrected chi connectivity index (χ3v) is 5.54. The molecule has 1 aromatic carbocycles. The lowest BCUT2D eigenvalue weighted by Crippen LogP contribution is -2.33. The molecule has 0 spiro atoms. The number of hydrogen-bond donors (Lipinski definition) is 0. The molecule has 0 bridgehead atoms. The Morgan fingerprint density at radius 2 is 1.90 bits per heavy atom. The number of amides is 1. The summed E-state index contributed by atoms with van der Waals surface area (Å²) in [7, 11) is 0. The highest BCUT2D eigenvalue weighted by atomic mass is 79.9. The third kappa shape index (κ3) is 4.51. The summed E-state index contributed by atoms with van der Waals surface area (Å²) in [6.07, 6.45) is 1.54. The van der Waals surface area contributed by atoms with E-state index in [-0.39, 0.29) is 34.3 Å². The van der Waals surface area contributed by atoms with Gasteiger partial charge in [-0.25, -0.2) is 9.67 Å². The molecule has 3 rings (SSSR count). The van der Waals surface area contributed by atoms with E-state index in [9.17, 15) is 9.59 Å². The van der Waals surface area contributed by atoms with Crippen molar-refractivity contribution in [3.63, 3.8) is 0 Å². The molecule has 2 aromatic heterocycles. The van der Waals surface area contributed by atoms with Gasteiger partial charge in [0.1, 0.15) is 10.3 Å². The quantitative estimate of drug-likeness (QED) is 0.340. The highest BCUT2D eigenvalue weighted by molar-refractivity contribution is 9.10. The predicted octanol–water partition coefficient (Wildman–Crippen LogP) is 6.14. The van der Waals surface area contributed by atoms with E-state index in [0.29, 0.717) is 14.1 Å².